The standard InChI is InChI=1S/C15H28N4O/c1-6-12-13(16-7-2)18-11-19-14(12)17-10-15(3,4)8-9-20-5/h11H,6-10H2,1-5H3,(H2,16,17,18,19). The Morgan fingerprint density at radius 2 is 1.80 bits per heavy atom. The first-order valence-electron chi connectivity index (χ1n) is 7.34. The fraction of sp³-hybridized carbons (Fsp3) is 0.733. The van der Waals surface area contributed by atoms with E-state index in [4.69, 9.17) is 4.74 Å². The zero-order valence-corrected chi connectivity index (χ0v) is 13.4. The first-order chi connectivity index (χ1) is 9.54. The Balaban J connectivity index is 2.74. The number of methoxy groups -OCH3 is 1. The van der Waals surface area contributed by atoms with E-state index >= 15 is 0 Å². The molecule has 0 saturated carbocycles. The number of ether oxygens (including phenoxy) is 1. The molecule has 0 saturated heterocycles. The fourth-order valence-corrected chi connectivity index (χ4v) is 2.01. The van der Waals surface area contributed by atoms with Crippen molar-refractivity contribution in [2.24, 2.45) is 5.41 Å². The van der Waals surface area contributed by atoms with Gasteiger partial charge in [0.1, 0.15) is 18.0 Å². The Labute approximate surface area is 122 Å². The van der Waals surface area contributed by atoms with Crippen LogP contribution in [0.15, 0.2) is 6.33 Å². The maximum absolute atomic E-state index is 5.16. The van der Waals surface area contributed by atoms with Crippen LogP contribution in [0.1, 0.15) is 39.7 Å². The van der Waals surface area contributed by atoms with Crippen LogP contribution in [0.3, 0.4) is 0 Å². The number of anilines is 2. The highest BCUT2D eigenvalue weighted by Crippen LogP contribution is 2.24. The molecule has 0 amide bonds. The van der Waals surface area contributed by atoms with E-state index in [0.29, 0.717) is 0 Å². The Kier molecular flexibility index (Phi) is 6.71. The van der Waals surface area contributed by atoms with Gasteiger partial charge in [-0.25, -0.2) is 9.97 Å². The summed E-state index contributed by atoms with van der Waals surface area (Å²) in [6.07, 6.45) is 3.54. The van der Waals surface area contributed by atoms with Crippen molar-refractivity contribution in [1.82, 2.24) is 9.97 Å². The van der Waals surface area contributed by atoms with Crippen LogP contribution in [-0.2, 0) is 11.2 Å². The van der Waals surface area contributed by atoms with Gasteiger partial charge in [-0.15, -0.1) is 0 Å². The van der Waals surface area contributed by atoms with Gasteiger partial charge in [-0.2, -0.15) is 0 Å². The number of hydrogen-bond donors (Lipinski definition) is 2. The van der Waals surface area contributed by atoms with Crippen LogP contribution in [0.5, 0.6) is 0 Å². The van der Waals surface area contributed by atoms with E-state index in [0.717, 1.165) is 49.7 Å². The first kappa shape index (κ1) is 16.7. The van der Waals surface area contributed by atoms with Gasteiger partial charge in [-0.1, -0.05) is 20.8 Å². The molecule has 0 radical (unpaired) electrons. The molecule has 0 aromatic carbocycles. The SMILES string of the molecule is CCNc1ncnc(NCC(C)(C)CCOC)c1CC. The third-order valence-corrected chi connectivity index (χ3v) is 3.36. The second kappa shape index (κ2) is 8.04. The van der Waals surface area contributed by atoms with Crippen LogP contribution >= 0.6 is 0 Å². The van der Waals surface area contributed by atoms with Crippen molar-refractivity contribution in [3.05, 3.63) is 11.9 Å². The number of nitrogens with zero attached hydrogens (tertiary/aromatic N) is 2. The molecule has 1 aromatic rings. The summed E-state index contributed by atoms with van der Waals surface area (Å²) in [5, 5.41) is 6.75. The molecule has 0 fully saturated rings. The molecule has 0 aliphatic carbocycles. The van der Waals surface area contributed by atoms with Gasteiger partial charge < -0.3 is 15.4 Å². The molecule has 0 aliphatic heterocycles. The van der Waals surface area contributed by atoms with Crippen LogP contribution in [-0.4, -0.2) is 36.8 Å². The van der Waals surface area contributed by atoms with E-state index in [1.807, 2.05) is 0 Å². The largest absolute Gasteiger partial charge is 0.385 e. The smallest absolute Gasteiger partial charge is 0.134 e. The van der Waals surface area contributed by atoms with Gasteiger partial charge in [0, 0.05) is 32.4 Å². The maximum atomic E-state index is 5.16. The number of nitrogens with one attached hydrogen (secondary N) is 2. The van der Waals surface area contributed by atoms with Crippen molar-refractivity contribution < 1.29 is 4.74 Å². The zero-order chi connectivity index (χ0) is 15.0. The minimum absolute atomic E-state index is 0.171. The van der Waals surface area contributed by atoms with E-state index in [2.05, 4.69) is 48.3 Å². The lowest BCUT2D eigenvalue weighted by molar-refractivity contribution is 0.157. The molecule has 1 aromatic heterocycles. The van der Waals surface area contributed by atoms with Gasteiger partial charge in [0.25, 0.3) is 0 Å². The summed E-state index contributed by atoms with van der Waals surface area (Å²) < 4.78 is 5.16. The molecule has 0 atom stereocenters. The van der Waals surface area contributed by atoms with Crippen molar-refractivity contribution in [2.75, 3.05) is 37.4 Å². The van der Waals surface area contributed by atoms with Crippen molar-refractivity contribution in [2.45, 2.75) is 40.5 Å². The summed E-state index contributed by atoms with van der Waals surface area (Å²) in [6.45, 7) is 11.2. The highest BCUT2D eigenvalue weighted by Gasteiger charge is 2.18. The number of aromatic nitrogens is 2. The van der Waals surface area contributed by atoms with Gasteiger partial charge in [0.15, 0.2) is 0 Å². The third kappa shape index (κ3) is 4.96. The summed E-state index contributed by atoms with van der Waals surface area (Å²) >= 11 is 0. The fourth-order valence-electron chi connectivity index (χ4n) is 2.01. The van der Waals surface area contributed by atoms with Crippen molar-refractivity contribution in [3.63, 3.8) is 0 Å². The summed E-state index contributed by atoms with van der Waals surface area (Å²) in [6, 6.07) is 0. The number of rotatable bonds is 9. The van der Waals surface area contributed by atoms with Gasteiger partial charge in [0.05, 0.1) is 0 Å². The molecule has 0 aliphatic rings. The molecular formula is C15H28N4O. The summed E-state index contributed by atoms with van der Waals surface area (Å²) in [7, 11) is 1.74. The average molecular weight is 280 g/mol. The molecule has 1 rings (SSSR count). The summed E-state index contributed by atoms with van der Waals surface area (Å²) in [5.41, 5.74) is 1.32. The second-order valence-electron chi connectivity index (χ2n) is 5.69. The van der Waals surface area contributed by atoms with Crippen molar-refractivity contribution >= 4 is 11.6 Å². The molecule has 0 spiro atoms. The Hall–Kier alpha value is -1.36. The van der Waals surface area contributed by atoms with Crippen LogP contribution in [0, 0.1) is 5.41 Å². The van der Waals surface area contributed by atoms with Crippen molar-refractivity contribution in [3.8, 4) is 0 Å². The average Bonchev–Trinajstić information content (AvgIpc) is 2.43. The number of hydrogen-bond acceptors (Lipinski definition) is 5. The van der Waals surface area contributed by atoms with Gasteiger partial charge in [0.2, 0.25) is 0 Å². The highest BCUT2D eigenvalue weighted by molar-refractivity contribution is 5.57. The quantitative estimate of drug-likeness (QED) is 0.728. The molecule has 0 bridgehead atoms. The van der Waals surface area contributed by atoms with Crippen LogP contribution < -0.4 is 10.6 Å². The maximum Gasteiger partial charge on any atom is 0.134 e. The lowest BCUT2D eigenvalue weighted by atomic mass is 9.89. The molecular weight excluding hydrogens is 252 g/mol. The molecule has 114 valence electrons. The predicted octanol–water partition coefficient (Wildman–Crippen LogP) is 2.95. The van der Waals surface area contributed by atoms with Gasteiger partial charge in [-0.05, 0) is 25.2 Å². The molecule has 20 heavy (non-hydrogen) atoms. The molecule has 5 nitrogen and oxygen atoms in total. The lowest BCUT2D eigenvalue weighted by Crippen LogP contribution is -2.25. The first-order valence-corrected chi connectivity index (χ1v) is 7.34. The highest BCUT2D eigenvalue weighted by atomic mass is 16.5. The second-order valence-corrected chi connectivity index (χ2v) is 5.69. The minimum Gasteiger partial charge on any atom is -0.385 e. The topological polar surface area (TPSA) is 59.1 Å². The van der Waals surface area contributed by atoms with E-state index in [-0.39, 0.29) is 5.41 Å². The van der Waals surface area contributed by atoms with Crippen LogP contribution in [0.2, 0.25) is 0 Å². The van der Waals surface area contributed by atoms with E-state index in [1.54, 1.807) is 13.4 Å². The molecule has 0 unspecified atom stereocenters. The van der Waals surface area contributed by atoms with E-state index < -0.39 is 0 Å². The molecule has 1 heterocycles. The predicted molar refractivity (Wildman–Crippen MR) is 84.3 cm³/mol. The minimum atomic E-state index is 0.171. The summed E-state index contributed by atoms with van der Waals surface area (Å²) in [4.78, 5) is 8.69. The Bertz CT molecular complexity index is 407. The third-order valence-electron chi connectivity index (χ3n) is 3.36. The summed E-state index contributed by atoms with van der Waals surface area (Å²) in [5.74, 6) is 1.87. The van der Waals surface area contributed by atoms with Gasteiger partial charge in [-0.3, -0.25) is 0 Å². The Morgan fingerprint density at radius 3 is 2.35 bits per heavy atom. The Morgan fingerprint density at radius 1 is 1.15 bits per heavy atom. The molecule has 2 N–H and O–H groups in total. The lowest BCUT2D eigenvalue weighted by Gasteiger charge is -2.25. The van der Waals surface area contributed by atoms with Crippen molar-refractivity contribution in [1.29, 1.82) is 0 Å². The normalized spacial score (nSPS) is 11.4. The van der Waals surface area contributed by atoms with E-state index in [1.165, 1.54) is 0 Å². The van der Waals surface area contributed by atoms with Gasteiger partial charge >= 0.3 is 0 Å². The van der Waals surface area contributed by atoms with Crippen LogP contribution in [0.25, 0.3) is 0 Å². The molecule has 5 heteroatoms. The van der Waals surface area contributed by atoms with Crippen LogP contribution in [0.4, 0.5) is 11.6 Å². The zero-order valence-electron chi connectivity index (χ0n) is 13.4. The monoisotopic (exact) mass is 280 g/mol. The van der Waals surface area contributed by atoms with E-state index in [9.17, 15) is 0 Å².